The predicted octanol–water partition coefficient (Wildman–Crippen LogP) is -0.582. The number of nitrogens with one attached hydrogen (secondary N) is 1. The van der Waals surface area contributed by atoms with E-state index in [1.807, 2.05) is 5.32 Å². The number of carbonyl (C=O) groups is 2. The van der Waals surface area contributed by atoms with Crippen LogP contribution in [0.3, 0.4) is 0 Å². The van der Waals surface area contributed by atoms with Gasteiger partial charge in [-0.3, -0.25) is 15.0 Å². The average molecular weight is 229 g/mol. The number of rotatable bonds is 6. The second-order valence-corrected chi connectivity index (χ2v) is 4.01. The van der Waals surface area contributed by atoms with E-state index in [0.717, 1.165) is 12.8 Å². The van der Waals surface area contributed by atoms with Gasteiger partial charge in [-0.1, -0.05) is 6.42 Å². The molecule has 0 bridgehead atoms. The van der Waals surface area contributed by atoms with Crippen molar-refractivity contribution in [2.75, 3.05) is 19.7 Å². The summed E-state index contributed by atoms with van der Waals surface area (Å²) in [5.41, 5.74) is 4.83. The molecule has 0 aromatic heterocycles. The maximum Gasteiger partial charge on any atom is 0.318 e. The second-order valence-electron chi connectivity index (χ2n) is 4.01. The van der Waals surface area contributed by atoms with Crippen LogP contribution < -0.4 is 11.1 Å². The number of aliphatic hydroxyl groups is 1. The number of hydrogen-bond acceptors (Lipinski definition) is 4. The van der Waals surface area contributed by atoms with Crippen LogP contribution in [0.15, 0.2) is 0 Å². The third-order valence-electron chi connectivity index (χ3n) is 2.87. The van der Waals surface area contributed by atoms with Gasteiger partial charge in [0.15, 0.2) is 0 Å². The standard InChI is InChI=1S/C10H19N3O3/c11-10(16)12-9(15)4-5-13(6-7-14)8-2-1-3-8/h8,14H,1-7H2,(H3,11,12,15,16). The van der Waals surface area contributed by atoms with Crippen molar-refractivity contribution in [2.45, 2.75) is 31.7 Å². The smallest absolute Gasteiger partial charge is 0.318 e. The molecule has 6 heteroatoms. The summed E-state index contributed by atoms with van der Waals surface area (Å²) in [6.45, 7) is 1.23. The lowest BCUT2D eigenvalue weighted by Crippen LogP contribution is -2.44. The van der Waals surface area contributed by atoms with Gasteiger partial charge in [-0.15, -0.1) is 0 Å². The highest BCUT2D eigenvalue weighted by Crippen LogP contribution is 2.24. The zero-order valence-corrected chi connectivity index (χ0v) is 9.32. The van der Waals surface area contributed by atoms with Gasteiger partial charge in [0.1, 0.15) is 0 Å². The van der Waals surface area contributed by atoms with E-state index in [9.17, 15) is 9.59 Å². The van der Waals surface area contributed by atoms with Gasteiger partial charge >= 0.3 is 6.03 Å². The van der Waals surface area contributed by atoms with Crippen LogP contribution in [0.4, 0.5) is 4.79 Å². The molecule has 16 heavy (non-hydrogen) atoms. The van der Waals surface area contributed by atoms with E-state index in [1.165, 1.54) is 6.42 Å². The molecule has 6 nitrogen and oxygen atoms in total. The molecule has 0 heterocycles. The Labute approximate surface area is 94.8 Å². The molecule has 1 saturated carbocycles. The van der Waals surface area contributed by atoms with Gasteiger partial charge in [0.2, 0.25) is 5.91 Å². The molecule has 0 aromatic carbocycles. The molecular weight excluding hydrogens is 210 g/mol. The third-order valence-corrected chi connectivity index (χ3v) is 2.87. The molecule has 0 atom stereocenters. The Morgan fingerprint density at radius 3 is 2.50 bits per heavy atom. The average Bonchev–Trinajstić information content (AvgIpc) is 2.10. The number of amides is 3. The minimum atomic E-state index is -0.817. The Morgan fingerprint density at radius 2 is 2.06 bits per heavy atom. The topological polar surface area (TPSA) is 95.7 Å². The lowest BCUT2D eigenvalue weighted by Gasteiger charge is -2.37. The first kappa shape index (κ1) is 12.9. The monoisotopic (exact) mass is 229 g/mol. The van der Waals surface area contributed by atoms with Crippen molar-refractivity contribution < 1.29 is 14.7 Å². The number of nitrogens with zero attached hydrogens (tertiary/aromatic N) is 1. The summed E-state index contributed by atoms with van der Waals surface area (Å²) >= 11 is 0. The highest BCUT2D eigenvalue weighted by molar-refractivity contribution is 5.93. The van der Waals surface area contributed by atoms with E-state index in [1.54, 1.807) is 0 Å². The van der Waals surface area contributed by atoms with E-state index >= 15 is 0 Å². The van der Waals surface area contributed by atoms with Crippen molar-refractivity contribution in [3.05, 3.63) is 0 Å². The molecule has 1 fully saturated rings. The zero-order chi connectivity index (χ0) is 12.0. The van der Waals surface area contributed by atoms with Crippen molar-refractivity contribution in [3.8, 4) is 0 Å². The molecule has 0 radical (unpaired) electrons. The normalized spacial score (nSPS) is 15.9. The van der Waals surface area contributed by atoms with Gasteiger partial charge in [-0.05, 0) is 12.8 Å². The molecule has 0 saturated heterocycles. The van der Waals surface area contributed by atoms with Crippen LogP contribution in [-0.2, 0) is 4.79 Å². The molecular formula is C10H19N3O3. The third kappa shape index (κ3) is 4.16. The number of aliphatic hydroxyl groups excluding tert-OH is 1. The minimum Gasteiger partial charge on any atom is -0.395 e. The Morgan fingerprint density at radius 1 is 1.38 bits per heavy atom. The summed E-state index contributed by atoms with van der Waals surface area (Å²) in [6, 6.07) is -0.337. The lowest BCUT2D eigenvalue weighted by molar-refractivity contribution is -0.120. The summed E-state index contributed by atoms with van der Waals surface area (Å²) in [6.07, 6.45) is 3.69. The summed E-state index contributed by atoms with van der Waals surface area (Å²) in [7, 11) is 0. The van der Waals surface area contributed by atoms with E-state index in [0.29, 0.717) is 19.1 Å². The van der Waals surface area contributed by atoms with Crippen LogP contribution in [0.5, 0.6) is 0 Å². The highest BCUT2D eigenvalue weighted by Gasteiger charge is 2.24. The fourth-order valence-electron chi connectivity index (χ4n) is 1.80. The van der Waals surface area contributed by atoms with Gasteiger partial charge in [0.05, 0.1) is 6.61 Å². The SMILES string of the molecule is NC(=O)NC(=O)CCN(CCO)C1CCC1. The first-order valence-corrected chi connectivity index (χ1v) is 5.57. The maximum atomic E-state index is 11.2. The van der Waals surface area contributed by atoms with Gasteiger partial charge in [0.25, 0.3) is 0 Å². The summed E-state index contributed by atoms with van der Waals surface area (Å²) < 4.78 is 0. The quantitative estimate of drug-likeness (QED) is 0.567. The van der Waals surface area contributed by atoms with Gasteiger partial charge in [-0.2, -0.15) is 0 Å². The summed E-state index contributed by atoms with van der Waals surface area (Å²) in [5, 5.41) is 10.9. The van der Waals surface area contributed by atoms with E-state index in [2.05, 4.69) is 4.90 Å². The van der Waals surface area contributed by atoms with Crippen molar-refractivity contribution in [1.29, 1.82) is 0 Å². The minimum absolute atomic E-state index is 0.0912. The zero-order valence-electron chi connectivity index (χ0n) is 9.32. The maximum absolute atomic E-state index is 11.2. The molecule has 1 aliphatic carbocycles. The Kier molecular flexibility index (Phi) is 5.21. The van der Waals surface area contributed by atoms with Crippen molar-refractivity contribution >= 4 is 11.9 Å². The molecule has 92 valence electrons. The van der Waals surface area contributed by atoms with Crippen molar-refractivity contribution in [2.24, 2.45) is 5.73 Å². The summed E-state index contributed by atoms with van der Waals surface area (Å²) in [4.78, 5) is 23.7. The van der Waals surface area contributed by atoms with Crippen LogP contribution in [0.1, 0.15) is 25.7 Å². The lowest BCUT2D eigenvalue weighted by atomic mass is 9.91. The highest BCUT2D eigenvalue weighted by atomic mass is 16.3. The Bertz CT molecular complexity index is 254. The molecule has 4 N–H and O–H groups in total. The fourth-order valence-corrected chi connectivity index (χ4v) is 1.80. The number of urea groups is 1. The van der Waals surface area contributed by atoms with Crippen molar-refractivity contribution in [1.82, 2.24) is 10.2 Å². The van der Waals surface area contributed by atoms with E-state index in [-0.39, 0.29) is 18.9 Å². The number of hydrogen-bond donors (Lipinski definition) is 3. The Hall–Kier alpha value is -1.14. The number of imide groups is 1. The summed E-state index contributed by atoms with van der Waals surface area (Å²) in [5.74, 6) is -0.366. The van der Waals surface area contributed by atoms with E-state index in [4.69, 9.17) is 10.8 Å². The molecule has 0 aliphatic heterocycles. The van der Waals surface area contributed by atoms with Crippen LogP contribution in [0.25, 0.3) is 0 Å². The Balaban J connectivity index is 2.25. The molecule has 3 amide bonds. The molecule has 0 spiro atoms. The van der Waals surface area contributed by atoms with E-state index < -0.39 is 6.03 Å². The molecule has 1 rings (SSSR count). The predicted molar refractivity (Wildman–Crippen MR) is 58.6 cm³/mol. The molecule has 1 aliphatic rings. The van der Waals surface area contributed by atoms with Crippen LogP contribution in [0, 0.1) is 0 Å². The van der Waals surface area contributed by atoms with Gasteiger partial charge in [0, 0.05) is 25.6 Å². The largest absolute Gasteiger partial charge is 0.395 e. The van der Waals surface area contributed by atoms with Crippen LogP contribution in [-0.4, -0.2) is 47.7 Å². The first-order chi connectivity index (χ1) is 7.63. The number of primary amides is 1. The fraction of sp³-hybridized carbons (Fsp3) is 0.800. The van der Waals surface area contributed by atoms with Gasteiger partial charge < -0.3 is 10.8 Å². The second kappa shape index (κ2) is 6.44. The number of carbonyl (C=O) groups excluding carboxylic acids is 2. The van der Waals surface area contributed by atoms with Crippen LogP contribution in [0.2, 0.25) is 0 Å². The van der Waals surface area contributed by atoms with Crippen molar-refractivity contribution in [3.63, 3.8) is 0 Å². The van der Waals surface area contributed by atoms with Gasteiger partial charge in [-0.25, -0.2) is 4.79 Å². The number of nitrogens with two attached hydrogens (primary N) is 1. The molecule has 0 unspecified atom stereocenters. The molecule has 0 aromatic rings. The first-order valence-electron chi connectivity index (χ1n) is 5.57. The van der Waals surface area contributed by atoms with Crippen LogP contribution >= 0.6 is 0 Å².